The van der Waals surface area contributed by atoms with Gasteiger partial charge in [0.05, 0.1) is 5.75 Å². The first-order chi connectivity index (χ1) is 14.0. The van der Waals surface area contributed by atoms with Crippen molar-refractivity contribution >= 4 is 29.3 Å². The van der Waals surface area contributed by atoms with Crippen molar-refractivity contribution in [3.8, 4) is 11.4 Å². The van der Waals surface area contributed by atoms with Crippen molar-refractivity contribution in [1.29, 1.82) is 0 Å². The highest BCUT2D eigenvalue weighted by Crippen LogP contribution is 2.44. The van der Waals surface area contributed by atoms with E-state index < -0.39 is 0 Å². The van der Waals surface area contributed by atoms with Gasteiger partial charge in [-0.05, 0) is 50.2 Å². The Hall–Kier alpha value is -2.35. The minimum atomic E-state index is -0.114. The standard InChI is InChI=1S/C21H27N5O2S/c1-3-26-20(16-5-4-6-17(11-16)22-13(2)27)24-25-21(26)29-12-19(28)23-18-10-14-7-8-15(18)9-14/h4-6,11,14-15,18H,3,7-10,12H2,1-2H3,(H,22,27)(H,23,28)/t14-,15+,18-/m0/s1. The highest BCUT2D eigenvalue weighted by molar-refractivity contribution is 7.99. The third-order valence-electron chi connectivity index (χ3n) is 5.89. The Morgan fingerprint density at radius 3 is 2.79 bits per heavy atom. The van der Waals surface area contributed by atoms with Crippen LogP contribution in [0.15, 0.2) is 29.4 Å². The number of rotatable bonds is 7. The zero-order chi connectivity index (χ0) is 20.4. The molecule has 7 nitrogen and oxygen atoms in total. The molecule has 2 aliphatic carbocycles. The van der Waals surface area contributed by atoms with Crippen molar-refractivity contribution in [3.63, 3.8) is 0 Å². The number of nitrogens with one attached hydrogen (secondary N) is 2. The van der Waals surface area contributed by atoms with Crippen LogP contribution in [0.5, 0.6) is 0 Å². The summed E-state index contributed by atoms with van der Waals surface area (Å²) in [5.74, 6) is 2.53. The first-order valence-electron chi connectivity index (χ1n) is 10.3. The van der Waals surface area contributed by atoms with Gasteiger partial charge in [-0.3, -0.25) is 9.59 Å². The molecule has 2 aromatic rings. The summed E-state index contributed by atoms with van der Waals surface area (Å²) in [7, 11) is 0. The van der Waals surface area contributed by atoms with Crippen LogP contribution in [0.4, 0.5) is 5.69 Å². The lowest BCUT2D eigenvalue weighted by Crippen LogP contribution is -2.39. The van der Waals surface area contributed by atoms with Gasteiger partial charge in [-0.2, -0.15) is 0 Å². The molecule has 1 heterocycles. The summed E-state index contributed by atoms with van der Waals surface area (Å²) >= 11 is 1.42. The molecular formula is C21H27N5O2S. The van der Waals surface area contributed by atoms with Crippen LogP contribution < -0.4 is 10.6 Å². The molecule has 1 aromatic heterocycles. The number of thioether (sulfide) groups is 1. The maximum Gasteiger partial charge on any atom is 0.230 e. The number of amides is 2. The van der Waals surface area contributed by atoms with Crippen molar-refractivity contribution in [2.75, 3.05) is 11.1 Å². The average Bonchev–Trinajstić information content (AvgIpc) is 3.41. The molecule has 2 bridgehead atoms. The van der Waals surface area contributed by atoms with E-state index in [1.165, 1.54) is 37.9 Å². The number of hydrogen-bond donors (Lipinski definition) is 2. The van der Waals surface area contributed by atoms with Crippen LogP contribution in [-0.2, 0) is 16.1 Å². The zero-order valence-corrected chi connectivity index (χ0v) is 17.7. The summed E-state index contributed by atoms with van der Waals surface area (Å²) in [5, 5.41) is 15.4. The fraction of sp³-hybridized carbons (Fsp3) is 0.524. The molecule has 1 aromatic carbocycles. The van der Waals surface area contributed by atoms with Crippen molar-refractivity contribution in [1.82, 2.24) is 20.1 Å². The fourth-order valence-electron chi connectivity index (χ4n) is 4.63. The van der Waals surface area contributed by atoms with E-state index in [0.717, 1.165) is 34.6 Å². The van der Waals surface area contributed by atoms with Crippen LogP contribution in [0.25, 0.3) is 11.4 Å². The molecule has 2 N–H and O–H groups in total. The van der Waals surface area contributed by atoms with Gasteiger partial charge in [0.2, 0.25) is 11.8 Å². The van der Waals surface area contributed by atoms with E-state index in [1.807, 2.05) is 35.8 Å². The third-order valence-corrected chi connectivity index (χ3v) is 6.86. The van der Waals surface area contributed by atoms with Crippen LogP contribution in [0.3, 0.4) is 0 Å². The molecule has 0 radical (unpaired) electrons. The molecule has 0 unspecified atom stereocenters. The molecule has 8 heteroatoms. The van der Waals surface area contributed by atoms with Crippen LogP contribution in [0.1, 0.15) is 39.5 Å². The number of benzene rings is 1. The Morgan fingerprint density at radius 1 is 1.24 bits per heavy atom. The first kappa shape index (κ1) is 19.9. The largest absolute Gasteiger partial charge is 0.352 e. The zero-order valence-electron chi connectivity index (χ0n) is 16.9. The predicted octanol–water partition coefficient (Wildman–Crippen LogP) is 3.32. The summed E-state index contributed by atoms with van der Waals surface area (Å²) in [6.07, 6.45) is 5.01. The molecule has 3 atom stereocenters. The average molecular weight is 414 g/mol. The number of fused-ring (bicyclic) bond motifs is 2. The molecule has 4 rings (SSSR count). The van der Waals surface area contributed by atoms with Crippen molar-refractivity contribution in [2.24, 2.45) is 11.8 Å². The van der Waals surface area contributed by atoms with E-state index in [1.54, 1.807) is 0 Å². The minimum Gasteiger partial charge on any atom is -0.352 e. The predicted molar refractivity (Wildman–Crippen MR) is 114 cm³/mol. The van der Waals surface area contributed by atoms with Gasteiger partial charge in [0.15, 0.2) is 11.0 Å². The summed E-state index contributed by atoms with van der Waals surface area (Å²) in [6, 6.07) is 7.90. The van der Waals surface area contributed by atoms with E-state index in [-0.39, 0.29) is 11.8 Å². The second-order valence-corrected chi connectivity index (χ2v) is 8.89. The van der Waals surface area contributed by atoms with Gasteiger partial charge in [-0.1, -0.05) is 30.3 Å². The Balaban J connectivity index is 1.41. The molecule has 0 saturated heterocycles. The van der Waals surface area contributed by atoms with Gasteiger partial charge in [-0.15, -0.1) is 10.2 Å². The second-order valence-electron chi connectivity index (χ2n) is 7.95. The number of nitrogens with zero attached hydrogens (tertiary/aromatic N) is 3. The van der Waals surface area contributed by atoms with E-state index in [0.29, 0.717) is 24.3 Å². The molecule has 2 amide bonds. The lowest BCUT2D eigenvalue weighted by atomic mass is 9.95. The Bertz CT molecular complexity index is 912. The van der Waals surface area contributed by atoms with Crippen LogP contribution in [0, 0.1) is 11.8 Å². The van der Waals surface area contributed by atoms with Gasteiger partial charge in [0.25, 0.3) is 0 Å². The number of anilines is 1. The van der Waals surface area contributed by atoms with E-state index >= 15 is 0 Å². The third kappa shape index (κ3) is 4.47. The lowest BCUT2D eigenvalue weighted by Gasteiger charge is -2.22. The van der Waals surface area contributed by atoms with Crippen LogP contribution in [0.2, 0.25) is 0 Å². The first-order valence-corrected chi connectivity index (χ1v) is 11.3. The summed E-state index contributed by atoms with van der Waals surface area (Å²) in [4.78, 5) is 23.8. The molecule has 0 spiro atoms. The van der Waals surface area contributed by atoms with E-state index in [9.17, 15) is 9.59 Å². The highest BCUT2D eigenvalue weighted by atomic mass is 32.2. The molecule has 2 fully saturated rings. The van der Waals surface area contributed by atoms with E-state index in [4.69, 9.17) is 0 Å². The number of aromatic nitrogens is 3. The van der Waals surface area contributed by atoms with Gasteiger partial charge in [0, 0.05) is 30.8 Å². The monoisotopic (exact) mass is 413 g/mol. The quantitative estimate of drug-likeness (QED) is 0.680. The molecule has 2 aliphatic rings. The number of carbonyl (C=O) groups excluding carboxylic acids is 2. The van der Waals surface area contributed by atoms with Gasteiger partial charge in [-0.25, -0.2) is 0 Å². The fourth-order valence-corrected chi connectivity index (χ4v) is 5.45. The second kappa shape index (κ2) is 8.57. The SMILES string of the molecule is CCn1c(SCC(=O)N[C@H]2C[C@H]3CC[C@@H]2C3)nnc1-c1cccc(NC(C)=O)c1. The van der Waals surface area contributed by atoms with E-state index in [2.05, 4.69) is 20.8 Å². The molecular weight excluding hydrogens is 386 g/mol. The highest BCUT2D eigenvalue weighted by Gasteiger charge is 2.40. The normalized spacial score (nSPS) is 22.6. The number of carbonyl (C=O) groups is 2. The molecule has 154 valence electrons. The van der Waals surface area contributed by atoms with Crippen LogP contribution >= 0.6 is 11.8 Å². The van der Waals surface area contributed by atoms with Gasteiger partial charge < -0.3 is 15.2 Å². The Morgan fingerprint density at radius 2 is 2.10 bits per heavy atom. The molecule has 0 aliphatic heterocycles. The lowest BCUT2D eigenvalue weighted by molar-refractivity contribution is -0.119. The Labute approximate surface area is 175 Å². The smallest absolute Gasteiger partial charge is 0.230 e. The Kier molecular flexibility index (Phi) is 5.89. The topological polar surface area (TPSA) is 88.9 Å². The molecule has 29 heavy (non-hydrogen) atoms. The van der Waals surface area contributed by atoms with Crippen molar-refractivity contribution in [3.05, 3.63) is 24.3 Å². The van der Waals surface area contributed by atoms with Crippen LogP contribution in [-0.4, -0.2) is 38.4 Å². The van der Waals surface area contributed by atoms with Crippen molar-refractivity contribution < 1.29 is 9.59 Å². The summed E-state index contributed by atoms with van der Waals surface area (Å²) < 4.78 is 2.00. The van der Waals surface area contributed by atoms with Gasteiger partial charge in [0.1, 0.15) is 0 Å². The molecule has 2 saturated carbocycles. The van der Waals surface area contributed by atoms with Gasteiger partial charge >= 0.3 is 0 Å². The summed E-state index contributed by atoms with van der Waals surface area (Å²) in [6.45, 7) is 4.21. The minimum absolute atomic E-state index is 0.0763. The number of hydrogen-bond acceptors (Lipinski definition) is 5. The maximum atomic E-state index is 12.4. The summed E-state index contributed by atoms with van der Waals surface area (Å²) in [5.41, 5.74) is 1.60. The van der Waals surface area contributed by atoms with Crippen molar-refractivity contribution in [2.45, 2.75) is 57.3 Å². The maximum absolute atomic E-state index is 12.4.